The first-order valence-electron chi connectivity index (χ1n) is 5.01. The van der Waals surface area contributed by atoms with Crippen molar-refractivity contribution in [3.8, 4) is 12.3 Å². The lowest BCUT2D eigenvalue weighted by Gasteiger charge is -2.04. The highest BCUT2D eigenvalue weighted by molar-refractivity contribution is 5.50. The molecule has 15 heavy (non-hydrogen) atoms. The normalized spacial score (nSPS) is 12.6. The van der Waals surface area contributed by atoms with Crippen LogP contribution >= 0.6 is 0 Å². The molecule has 78 valence electrons. The minimum absolute atomic E-state index is 0.491. The zero-order chi connectivity index (χ0) is 11.1. The SMILES string of the molecule is C#Cc1cncc(/C=C/CC(C)NC)c1. The molecular weight excluding hydrogens is 184 g/mol. The largest absolute Gasteiger partial charge is 0.317 e. The van der Waals surface area contributed by atoms with Crippen molar-refractivity contribution in [1.29, 1.82) is 0 Å². The summed E-state index contributed by atoms with van der Waals surface area (Å²) in [6, 6.07) is 2.44. The molecular formula is C13H16N2. The van der Waals surface area contributed by atoms with Gasteiger partial charge >= 0.3 is 0 Å². The molecule has 1 rings (SSSR count). The van der Waals surface area contributed by atoms with Crippen molar-refractivity contribution in [2.75, 3.05) is 7.05 Å². The number of nitrogens with one attached hydrogen (secondary N) is 1. The molecule has 0 saturated carbocycles. The fraction of sp³-hybridized carbons (Fsp3) is 0.308. The minimum Gasteiger partial charge on any atom is -0.317 e. The predicted octanol–water partition coefficient (Wildman–Crippen LogP) is 2.07. The summed E-state index contributed by atoms with van der Waals surface area (Å²) >= 11 is 0. The van der Waals surface area contributed by atoms with Crippen LogP contribution in [0.15, 0.2) is 24.5 Å². The van der Waals surface area contributed by atoms with E-state index in [9.17, 15) is 0 Å². The fourth-order valence-corrected chi connectivity index (χ4v) is 1.15. The van der Waals surface area contributed by atoms with Gasteiger partial charge in [-0.25, -0.2) is 0 Å². The molecule has 1 aromatic rings. The van der Waals surface area contributed by atoms with Crippen molar-refractivity contribution in [2.45, 2.75) is 19.4 Å². The molecule has 0 fully saturated rings. The van der Waals surface area contributed by atoms with Gasteiger partial charge in [-0.3, -0.25) is 4.98 Å². The maximum absolute atomic E-state index is 5.29. The molecule has 0 aliphatic carbocycles. The third-order valence-corrected chi connectivity index (χ3v) is 2.22. The first-order valence-corrected chi connectivity index (χ1v) is 5.01. The molecule has 0 aliphatic rings. The Balaban J connectivity index is 2.61. The molecule has 0 amide bonds. The molecule has 0 radical (unpaired) electrons. The van der Waals surface area contributed by atoms with E-state index < -0.39 is 0 Å². The number of hydrogen-bond donors (Lipinski definition) is 1. The van der Waals surface area contributed by atoms with Crippen molar-refractivity contribution in [1.82, 2.24) is 10.3 Å². The predicted molar refractivity (Wildman–Crippen MR) is 64.3 cm³/mol. The summed E-state index contributed by atoms with van der Waals surface area (Å²) in [5.74, 6) is 2.57. The van der Waals surface area contributed by atoms with Gasteiger partial charge in [0, 0.05) is 24.0 Å². The van der Waals surface area contributed by atoms with Gasteiger partial charge in [-0.2, -0.15) is 0 Å². The Morgan fingerprint density at radius 2 is 2.40 bits per heavy atom. The molecule has 0 spiro atoms. The highest BCUT2D eigenvalue weighted by Crippen LogP contribution is 2.04. The van der Waals surface area contributed by atoms with Gasteiger partial charge in [-0.1, -0.05) is 18.1 Å². The van der Waals surface area contributed by atoms with Crippen LogP contribution in [0.3, 0.4) is 0 Å². The number of aromatic nitrogens is 1. The van der Waals surface area contributed by atoms with Gasteiger partial charge in [0.05, 0.1) is 0 Å². The Hall–Kier alpha value is -1.59. The average molecular weight is 200 g/mol. The van der Waals surface area contributed by atoms with E-state index in [1.807, 2.05) is 19.2 Å². The van der Waals surface area contributed by atoms with Crippen molar-refractivity contribution in [3.05, 3.63) is 35.7 Å². The van der Waals surface area contributed by atoms with Crippen LogP contribution in [0.1, 0.15) is 24.5 Å². The summed E-state index contributed by atoms with van der Waals surface area (Å²) in [6.07, 6.45) is 14.0. The summed E-state index contributed by atoms with van der Waals surface area (Å²) in [5, 5.41) is 3.17. The Morgan fingerprint density at radius 1 is 1.60 bits per heavy atom. The van der Waals surface area contributed by atoms with Gasteiger partial charge < -0.3 is 5.32 Å². The summed E-state index contributed by atoms with van der Waals surface area (Å²) in [5.41, 5.74) is 1.87. The van der Waals surface area contributed by atoms with E-state index in [-0.39, 0.29) is 0 Å². The third kappa shape index (κ3) is 3.97. The first-order chi connectivity index (χ1) is 7.26. The molecule has 1 N–H and O–H groups in total. The van der Waals surface area contributed by atoms with Crippen LogP contribution in [0.2, 0.25) is 0 Å². The maximum Gasteiger partial charge on any atom is 0.0432 e. The Bertz CT molecular complexity index is 374. The molecule has 0 aliphatic heterocycles. The topological polar surface area (TPSA) is 24.9 Å². The minimum atomic E-state index is 0.491. The van der Waals surface area contributed by atoms with Crippen LogP contribution in [-0.2, 0) is 0 Å². The van der Waals surface area contributed by atoms with Crippen LogP contribution in [0.25, 0.3) is 6.08 Å². The average Bonchev–Trinajstić information content (AvgIpc) is 2.29. The second-order valence-corrected chi connectivity index (χ2v) is 3.48. The van der Waals surface area contributed by atoms with Crippen molar-refractivity contribution in [3.63, 3.8) is 0 Å². The van der Waals surface area contributed by atoms with Gasteiger partial charge in [0.25, 0.3) is 0 Å². The van der Waals surface area contributed by atoms with Crippen LogP contribution in [-0.4, -0.2) is 18.1 Å². The van der Waals surface area contributed by atoms with Crippen molar-refractivity contribution in [2.24, 2.45) is 0 Å². The second kappa shape index (κ2) is 6.00. The third-order valence-electron chi connectivity index (χ3n) is 2.22. The van der Waals surface area contributed by atoms with E-state index in [0.29, 0.717) is 6.04 Å². The first kappa shape index (κ1) is 11.5. The van der Waals surface area contributed by atoms with Crippen LogP contribution in [0, 0.1) is 12.3 Å². The number of nitrogens with zero attached hydrogens (tertiary/aromatic N) is 1. The summed E-state index contributed by atoms with van der Waals surface area (Å²) in [4.78, 5) is 4.06. The summed E-state index contributed by atoms with van der Waals surface area (Å²) in [6.45, 7) is 2.14. The fourth-order valence-electron chi connectivity index (χ4n) is 1.15. The standard InChI is InChI=1S/C13H16N2/c1-4-12-8-13(10-15-9-12)7-5-6-11(2)14-3/h1,5,7-11,14H,6H2,2-3H3/b7-5+. The van der Waals surface area contributed by atoms with E-state index in [4.69, 9.17) is 6.42 Å². The molecule has 1 heterocycles. The van der Waals surface area contributed by atoms with Crippen molar-refractivity contribution >= 4 is 6.08 Å². The van der Waals surface area contributed by atoms with E-state index in [0.717, 1.165) is 17.5 Å². The maximum atomic E-state index is 5.29. The van der Waals surface area contributed by atoms with Crippen molar-refractivity contribution < 1.29 is 0 Å². The molecule has 0 bridgehead atoms. The number of hydrogen-bond acceptors (Lipinski definition) is 2. The monoisotopic (exact) mass is 200 g/mol. The summed E-state index contributed by atoms with van der Waals surface area (Å²) in [7, 11) is 1.96. The lowest BCUT2D eigenvalue weighted by atomic mass is 10.1. The molecule has 1 aromatic heterocycles. The van der Waals surface area contributed by atoms with Gasteiger partial charge in [-0.05, 0) is 32.0 Å². The zero-order valence-electron chi connectivity index (χ0n) is 9.20. The quantitative estimate of drug-likeness (QED) is 0.753. The Morgan fingerprint density at radius 3 is 3.07 bits per heavy atom. The highest BCUT2D eigenvalue weighted by atomic mass is 14.8. The molecule has 1 atom stereocenters. The Kier molecular flexibility index (Phi) is 4.59. The molecule has 2 nitrogen and oxygen atoms in total. The lowest BCUT2D eigenvalue weighted by molar-refractivity contribution is 0.621. The summed E-state index contributed by atoms with van der Waals surface area (Å²) < 4.78 is 0. The molecule has 0 saturated heterocycles. The van der Waals surface area contributed by atoms with Gasteiger partial charge in [0.2, 0.25) is 0 Å². The number of rotatable bonds is 4. The number of terminal acetylenes is 1. The number of pyridine rings is 1. The zero-order valence-corrected chi connectivity index (χ0v) is 9.20. The second-order valence-electron chi connectivity index (χ2n) is 3.48. The van der Waals surface area contributed by atoms with Gasteiger partial charge in [0.15, 0.2) is 0 Å². The highest BCUT2D eigenvalue weighted by Gasteiger charge is 1.93. The van der Waals surface area contributed by atoms with E-state index in [1.54, 1.807) is 12.4 Å². The van der Waals surface area contributed by atoms with Gasteiger partial charge in [0.1, 0.15) is 0 Å². The van der Waals surface area contributed by atoms with E-state index in [1.165, 1.54) is 0 Å². The molecule has 0 aromatic carbocycles. The van der Waals surface area contributed by atoms with E-state index in [2.05, 4.69) is 29.2 Å². The van der Waals surface area contributed by atoms with Crippen LogP contribution < -0.4 is 5.32 Å². The Labute approximate surface area is 91.4 Å². The molecule has 2 heteroatoms. The van der Waals surface area contributed by atoms with E-state index >= 15 is 0 Å². The van der Waals surface area contributed by atoms with Crippen LogP contribution in [0.5, 0.6) is 0 Å². The molecule has 1 unspecified atom stereocenters. The smallest absolute Gasteiger partial charge is 0.0432 e. The van der Waals surface area contributed by atoms with Gasteiger partial charge in [-0.15, -0.1) is 6.42 Å². The van der Waals surface area contributed by atoms with Crippen LogP contribution in [0.4, 0.5) is 0 Å². The lowest BCUT2D eigenvalue weighted by Crippen LogP contribution is -2.19.